The molecule has 1 aliphatic heterocycles. The molecule has 6 heteroatoms. The number of aromatic nitrogens is 1. The number of piperidine rings is 1. The van der Waals surface area contributed by atoms with E-state index in [1.807, 2.05) is 56.0 Å². The highest BCUT2D eigenvalue weighted by molar-refractivity contribution is 7.15. The second-order valence-corrected chi connectivity index (χ2v) is 10.7. The van der Waals surface area contributed by atoms with Gasteiger partial charge in [-0.2, -0.15) is 0 Å². The van der Waals surface area contributed by atoms with E-state index in [0.29, 0.717) is 29.6 Å². The first-order valence-electron chi connectivity index (χ1n) is 11.5. The van der Waals surface area contributed by atoms with E-state index in [2.05, 4.69) is 29.4 Å². The predicted octanol–water partition coefficient (Wildman–Crippen LogP) is 4.93. The van der Waals surface area contributed by atoms with E-state index < -0.39 is 0 Å². The van der Waals surface area contributed by atoms with Crippen molar-refractivity contribution in [3.8, 4) is 10.4 Å². The summed E-state index contributed by atoms with van der Waals surface area (Å²) in [6, 6.07) is 14.2. The van der Waals surface area contributed by atoms with Gasteiger partial charge in [0.05, 0.1) is 15.9 Å². The number of aryl methyl sites for hydroxylation is 4. The molecular formula is C27H29N3O2S. The summed E-state index contributed by atoms with van der Waals surface area (Å²) in [7, 11) is 0. The smallest absolute Gasteiger partial charge is 0.274 e. The van der Waals surface area contributed by atoms with Gasteiger partial charge in [0, 0.05) is 18.7 Å². The highest BCUT2D eigenvalue weighted by Gasteiger charge is 2.54. The standard InChI is InChI=1S/C27H29N3O2S/c1-15-6-5-7-19(10-15)25-24(29-18(4)33-25)27(32)30-14-20-12-22(20)23(30)13-28-26(31)21-11-16(2)8-9-17(21)3/h5-11,20,22-23H,12-14H2,1-4H3,(H,28,31). The predicted molar refractivity (Wildman–Crippen MR) is 132 cm³/mol. The van der Waals surface area contributed by atoms with Gasteiger partial charge in [0.25, 0.3) is 11.8 Å². The maximum atomic E-state index is 13.7. The molecule has 0 radical (unpaired) electrons. The molecule has 3 atom stereocenters. The average Bonchev–Trinajstić information content (AvgIpc) is 3.30. The molecule has 3 unspecified atom stereocenters. The summed E-state index contributed by atoms with van der Waals surface area (Å²) in [6.45, 7) is 9.17. The molecule has 2 amide bonds. The number of nitrogens with one attached hydrogen (secondary N) is 1. The summed E-state index contributed by atoms with van der Waals surface area (Å²) in [5.74, 6) is 0.917. The van der Waals surface area contributed by atoms with Crippen molar-refractivity contribution >= 4 is 23.2 Å². The monoisotopic (exact) mass is 459 g/mol. The van der Waals surface area contributed by atoms with Gasteiger partial charge in [0.1, 0.15) is 5.69 Å². The van der Waals surface area contributed by atoms with Crippen molar-refractivity contribution in [3.63, 3.8) is 0 Å². The molecule has 170 valence electrons. The Kier molecular flexibility index (Phi) is 5.57. The lowest BCUT2D eigenvalue weighted by Gasteiger charge is -2.27. The van der Waals surface area contributed by atoms with E-state index in [1.54, 1.807) is 11.3 Å². The van der Waals surface area contributed by atoms with Crippen LogP contribution in [0, 0.1) is 39.5 Å². The van der Waals surface area contributed by atoms with Crippen molar-refractivity contribution in [1.29, 1.82) is 0 Å². The molecule has 2 aliphatic rings. The first-order valence-corrected chi connectivity index (χ1v) is 12.3. The van der Waals surface area contributed by atoms with Crippen LogP contribution < -0.4 is 5.32 Å². The van der Waals surface area contributed by atoms with E-state index in [-0.39, 0.29) is 17.9 Å². The van der Waals surface area contributed by atoms with Crippen molar-refractivity contribution in [3.05, 3.63) is 75.4 Å². The minimum Gasteiger partial charge on any atom is -0.350 e. The highest BCUT2D eigenvalue weighted by atomic mass is 32.1. The number of hydrogen-bond acceptors (Lipinski definition) is 4. The molecule has 2 fully saturated rings. The van der Waals surface area contributed by atoms with Crippen molar-refractivity contribution in [2.24, 2.45) is 11.8 Å². The molecule has 0 spiro atoms. The molecule has 33 heavy (non-hydrogen) atoms. The normalized spacial score (nSPS) is 21.1. The fourth-order valence-electron chi connectivity index (χ4n) is 5.03. The fourth-order valence-corrected chi connectivity index (χ4v) is 5.94. The van der Waals surface area contributed by atoms with Crippen LogP contribution in [0.25, 0.3) is 10.4 Å². The quantitative estimate of drug-likeness (QED) is 0.588. The molecule has 1 aromatic heterocycles. The maximum Gasteiger partial charge on any atom is 0.274 e. The molecule has 5 nitrogen and oxygen atoms in total. The molecule has 1 saturated heterocycles. The molecule has 2 heterocycles. The van der Waals surface area contributed by atoms with Gasteiger partial charge >= 0.3 is 0 Å². The largest absolute Gasteiger partial charge is 0.350 e. The van der Waals surface area contributed by atoms with E-state index in [4.69, 9.17) is 0 Å². The molecule has 3 aromatic rings. The topological polar surface area (TPSA) is 62.3 Å². The highest BCUT2D eigenvalue weighted by Crippen LogP contribution is 2.50. The van der Waals surface area contributed by atoms with Crippen LogP contribution in [0.15, 0.2) is 42.5 Å². The lowest BCUT2D eigenvalue weighted by atomic mass is 10.0. The van der Waals surface area contributed by atoms with Gasteiger partial charge in [-0.05, 0) is 63.1 Å². The summed E-state index contributed by atoms with van der Waals surface area (Å²) in [5, 5.41) is 4.00. The fraction of sp³-hybridized carbons (Fsp3) is 0.370. The minimum absolute atomic E-state index is 0.0175. The summed E-state index contributed by atoms with van der Waals surface area (Å²) in [5.41, 5.74) is 5.46. The lowest BCUT2D eigenvalue weighted by molar-refractivity contribution is 0.0690. The second kappa shape index (κ2) is 8.41. The molecule has 2 aromatic carbocycles. The number of benzene rings is 2. The number of amides is 2. The number of hydrogen-bond donors (Lipinski definition) is 1. The number of thiazole rings is 1. The number of fused-ring (bicyclic) bond motifs is 1. The van der Waals surface area contributed by atoms with Crippen LogP contribution in [-0.2, 0) is 0 Å². The molecule has 0 bridgehead atoms. The molecule has 1 aliphatic carbocycles. The summed E-state index contributed by atoms with van der Waals surface area (Å²) < 4.78 is 0. The summed E-state index contributed by atoms with van der Waals surface area (Å²) in [4.78, 5) is 34.1. The van der Waals surface area contributed by atoms with Crippen LogP contribution in [0.4, 0.5) is 0 Å². The Hall–Kier alpha value is -2.99. The van der Waals surface area contributed by atoms with Crippen molar-refractivity contribution in [1.82, 2.24) is 15.2 Å². The Bertz CT molecular complexity index is 1250. The van der Waals surface area contributed by atoms with Crippen LogP contribution in [0.5, 0.6) is 0 Å². The SMILES string of the molecule is Cc1cccc(-c2sc(C)nc2C(=O)N2CC3CC3C2CNC(=O)c2cc(C)ccc2C)c1. The van der Waals surface area contributed by atoms with E-state index in [0.717, 1.165) is 45.1 Å². The van der Waals surface area contributed by atoms with Crippen LogP contribution in [0.2, 0.25) is 0 Å². The summed E-state index contributed by atoms with van der Waals surface area (Å²) in [6.07, 6.45) is 1.13. The number of rotatable bonds is 5. The lowest BCUT2D eigenvalue weighted by Crippen LogP contribution is -2.45. The minimum atomic E-state index is -0.0716. The molecule has 1 saturated carbocycles. The second-order valence-electron chi connectivity index (χ2n) is 9.49. The van der Waals surface area contributed by atoms with Gasteiger partial charge in [-0.3, -0.25) is 9.59 Å². The Morgan fingerprint density at radius 1 is 1.09 bits per heavy atom. The van der Waals surface area contributed by atoms with Crippen molar-refractivity contribution in [2.75, 3.05) is 13.1 Å². The maximum absolute atomic E-state index is 13.7. The first-order chi connectivity index (χ1) is 15.8. The average molecular weight is 460 g/mol. The van der Waals surface area contributed by atoms with Gasteiger partial charge in [-0.25, -0.2) is 4.98 Å². The summed E-state index contributed by atoms with van der Waals surface area (Å²) >= 11 is 1.57. The zero-order valence-corrected chi connectivity index (χ0v) is 20.3. The Morgan fingerprint density at radius 3 is 2.67 bits per heavy atom. The van der Waals surface area contributed by atoms with Crippen LogP contribution in [-0.4, -0.2) is 40.8 Å². The molecule has 5 rings (SSSR count). The number of carbonyl (C=O) groups excluding carboxylic acids is 2. The Labute approximate surface area is 198 Å². The zero-order valence-electron chi connectivity index (χ0n) is 19.5. The van der Waals surface area contributed by atoms with Crippen LogP contribution >= 0.6 is 11.3 Å². The van der Waals surface area contributed by atoms with Crippen LogP contribution in [0.3, 0.4) is 0 Å². The first kappa shape index (κ1) is 21.8. The van der Waals surface area contributed by atoms with Crippen molar-refractivity contribution < 1.29 is 9.59 Å². The van der Waals surface area contributed by atoms with Crippen LogP contribution in [0.1, 0.15) is 49.0 Å². The third-order valence-electron chi connectivity index (χ3n) is 6.89. The number of nitrogens with zero attached hydrogens (tertiary/aromatic N) is 2. The van der Waals surface area contributed by atoms with E-state index >= 15 is 0 Å². The molecule has 1 N–H and O–H groups in total. The van der Waals surface area contributed by atoms with Gasteiger partial charge in [0.15, 0.2) is 0 Å². The van der Waals surface area contributed by atoms with Crippen molar-refractivity contribution in [2.45, 2.75) is 40.2 Å². The number of likely N-dealkylation sites (tertiary alicyclic amines) is 1. The third kappa shape index (κ3) is 4.20. The molecular weight excluding hydrogens is 430 g/mol. The van der Waals surface area contributed by atoms with E-state index in [9.17, 15) is 9.59 Å². The van der Waals surface area contributed by atoms with Gasteiger partial charge in [-0.1, -0.05) is 47.5 Å². The number of carbonyl (C=O) groups is 2. The zero-order chi connectivity index (χ0) is 23.3. The van der Waals surface area contributed by atoms with Gasteiger partial charge < -0.3 is 10.2 Å². The van der Waals surface area contributed by atoms with Gasteiger partial charge in [-0.15, -0.1) is 11.3 Å². The Morgan fingerprint density at radius 2 is 1.88 bits per heavy atom. The Balaban J connectivity index is 1.36. The third-order valence-corrected chi connectivity index (χ3v) is 7.91. The van der Waals surface area contributed by atoms with E-state index in [1.165, 1.54) is 0 Å². The van der Waals surface area contributed by atoms with Gasteiger partial charge in [0.2, 0.25) is 0 Å².